The van der Waals surface area contributed by atoms with E-state index in [1.807, 2.05) is 0 Å². The molecule has 0 atom stereocenters. The Bertz CT molecular complexity index is 3460. The fourth-order valence-electron chi connectivity index (χ4n) is 10.3. The van der Waals surface area contributed by atoms with Crippen LogP contribution < -0.4 is 20.7 Å². The van der Waals surface area contributed by atoms with Crippen molar-refractivity contribution in [3.05, 3.63) is 255 Å². The lowest BCUT2D eigenvalue weighted by Gasteiger charge is -2.34. The van der Waals surface area contributed by atoms with Gasteiger partial charge in [-0.15, -0.1) is 0 Å². The molecule has 0 N–H and O–H groups in total. The zero-order valence-electron chi connectivity index (χ0n) is 35.2. The van der Waals surface area contributed by atoms with Gasteiger partial charge >= 0.3 is 0 Å². The second kappa shape index (κ2) is 15.7. The predicted octanol–water partition coefficient (Wildman–Crippen LogP) is 13.9. The molecule has 64 heavy (non-hydrogen) atoms. The van der Waals surface area contributed by atoms with E-state index in [1.54, 1.807) is 0 Å². The number of rotatable bonds is 8. The molecule has 0 aliphatic heterocycles. The number of fused-ring (bicyclic) bond motifs is 5. The average molecular weight is 831 g/mol. The van der Waals surface area contributed by atoms with Crippen LogP contribution in [0.2, 0.25) is 0 Å². The van der Waals surface area contributed by atoms with Gasteiger partial charge in [-0.05, 0) is 93.9 Å². The summed E-state index contributed by atoms with van der Waals surface area (Å²) in [6, 6.07) is 93.6. The van der Waals surface area contributed by atoms with Crippen LogP contribution in [0.25, 0.3) is 88.0 Å². The van der Waals surface area contributed by atoms with Crippen LogP contribution in [0, 0.1) is 0 Å². The molecular formula is C62H42OSi. The molecule has 12 aromatic rings. The van der Waals surface area contributed by atoms with Crippen LogP contribution in [0.5, 0.6) is 0 Å². The standard InChI is InChI=1S/C62H42OSi/c1-5-19-43(20-6-1)44-33-35-46(36-34-44)60-53-28-13-15-30-55(53)61(56-31-16-14-29-54(56)60)58-42-47(41-57-52-27-17-18-32-59(52)63-62(57)58)45-37-39-51(40-38-45)64(48-21-7-2-8-22-48,49-23-9-3-10-24-49)50-25-11-4-12-26-50/h1-42H. The fraction of sp³-hybridized carbons (Fsp3) is 0. The van der Waals surface area contributed by atoms with Crippen molar-refractivity contribution in [1.82, 2.24) is 0 Å². The van der Waals surface area contributed by atoms with Crippen molar-refractivity contribution in [1.29, 1.82) is 0 Å². The summed E-state index contributed by atoms with van der Waals surface area (Å²) in [7, 11) is -2.69. The summed E-state index contributed by atoms with van der Waals surface area (Å²) < 4.78 is 6.91. The van der Waals surface area contributed by atoms with Crippen molar-refractivity contribution in [3.63, 3.8) is 0 Å². The average Bonchev–Trinajstić information content (AvgIpc) is 3.76. The van der Waals surface area contributed by atoms with Gasteiger partial charge in [0.2, 0.25) is 0 Å². The minimum Gasteiger partial charge on any atom is -0.455 e. The molecule has 0 aliphatic carbocycles. The molecule has 0 amide bonds. The zero-order valence-corrected chi connectivity index (χ0v) is 36.2. The highest BCUT2D eigenvalue weighted by atomic mass is 28.3. The third-order valence-corrected chi connectivity index (χ3v) is 18.0. The molecule has 0 saturated carbocycles. The van der Waals surface area contributed by atoms with Gasteiger partial charge in [-0.3, -0.25) is 0 Å². The van der Waals surface area contributed by atoms with Gasteiger partial charge in [0.15, 0.2) is 8.07 Å². The maximum absolute atomic E-state index is 6.91. The quantitative estimate of drug-likeness (QED) is 0.0845. The first-order valence-electron chi connectivity index (χ1n) is 22.1. The third kappa shape index (κ3) is 6.14. The van der Waals surface area contributed by atoms with E-state index >= 15 is 0 Å². The predicted molar refractivity (Wildman–Crippen MR) is 274 cm³/mol. The summed E-state index contributed by atoms with van der Waals surface area (Å²) >= 11 is 0. The van der Waals surface area contributed by atoms with Gasteiger partial charge in [0.1, 0.15) is 11.2 Å². The fourth-order valence-corrected chi connectivity index (χ4v) is 15.1. The second-order valence-electron chi connectivity index (χ2n) is 16.7. The van der Waals surface area contributed by atoms with E-state index in [9.17, 15) is 0 Å². The molecule has 11 aromatic carbocycles. The van der Waals surface area contributed by atoms with Gasteiger partial charge < -0.3 is 4.42 Å². The summed E-state index contributed by atoms with van der Waals surface area (Å²) in [4.78, 5) is 0. The molecule has 1 nitrogen and oxygen atoms in total. The maximum Gasteiger partial charge on any atom is 0.179 e. The SMILES string of the molecule is c1ccc(-c2ccc(-c3c4ccccc4c(-c4cc(-c5ccc([Si](c6ccccc6)(c6ccccc6)c6ccccc6)cc5)cc5c4oc4ccccc45)c4ccccc34)cc2)cc1. The van der Waals surface area contributed by atoms with Crippen LogP contribution in [0.4, 0.5) is 0 Å². The Labute approximate surface area is 374 Å². The van der Waals surface area contributed by atoms with Gasteiger partial charge in [-0.1, -0.05) is 237 Å². The lowest BCUT2D eigenvalue weighted by Crippen LogP contribution is -2.74. The molecule has 0 saturated heterocycles. The van der Waals surface area contributed by atoms with Crippen LogP contribution in [0.1, 0.15) is 0 Å². The highest BCUT2D eigenvalue weighted by Crippen LogP contribution is 2.48. The van der Waals surface area contributed by atoms with E-state index in [1.165, 1.54) is 70.1 Å². The third-order valence-electron chi connectivity index (χ3n) is 13.2. The van der Waals surface area contributed by atoms with Gasteiger partial charge in [-0.2, -0.15) is 0 Å². The molecule has 0 bridgehead atoms. The number of para-hydroxylation sites is 1. The number of hydrogen-bond donors (Lipinski definition) is 0. The van der Waals surface area contributed by atoms with E-state index in [0.717, 1.165) is 38.6 Å². The van der Waals surface area contributed by atoms with E-state index < -0.39 is 8.07 Å². The first kappa shape index (κ1) is 37.7. The van der Waals surface area contributed by atoms with Gasteiger partial charge in [0.25, 0.3) is 0 Å². The lowest BCUT2D eigenvalue weighted by atomic mass is 9.84. The summed E-state index contributed by atoms with van der Waals surface area (Å²) in [6.07, 6.45) is 0. The number of benzene rings is 11. The molecule has 0 aliphatic rings. The van der Waals surface area contributed by atoms with Crippen LogP contribution >= 0.6 is 0 Å². The Morgan fingerprint density at radius 3 is 1.16 bits per heavy atom. The Balaban J connectivity index is 1.08. The molecule has 300 valence electrons. The van der Waals surface area contributed by atoms with Gasteiger partial charge in [0.05, 0.1) is 0 Å². The van der Waals surface area contributed by atoms with Crippen molar-refractivity contribution in [2.75, 3.05) is 0 Å². The minimum absolute atomic E-state index is 0.888. The Morgan fingerprint density at radius 1 is 0.250 bits per heavy atom. The van der Waals surface area contributed by atoms with E-state index in [2.05, 4.69) is 255 Å². The Kier molecular flexibility index (Phi) is 9.25. The molecule has 0 radical (unpaired) electrons. The maximum atomic E-state index is 6.91. The van der Waals surface area contributed by atoms with Crippen molar-refractivity contribution in [2.24, 2.45) is 0 Å². The van der Waals surface area contributed by atoms with Crippen LogP contribution in [0.15, 0.2) is 259 Å². The van der Waals surface area contributed by atoms with E-state index in [4.69, 9.17) is 4.42 Å². The number of furan rings is 1. The normalized spacial score (nSPS) is 11.8. The molecule has 0 fully saturated rings. The molecule has 12 rings (SSSR count). The highest BCUT2D eigenvalue weighted by molar-refractivity contribution is 7.19. The minimum atomic E-state index is -2.69. The number of hydrogen-bond acceptors (Lipinski definition) is 1. The van der Waals surface area contributed by atoms with Gasteiger partial charge in [-0.25, -0.2) is 0 Å². The smallest absolute Gasteiger partial charge is 0.179 e. The van der Waals surface area contributed by atoms with Crippen molar-refractivity contribution >= 4 is 72.3 Å². The van der Waals surface area contributed by atoms with Crippen LogP contribution in [-0.2, 0) is 0 Å². The van der Waals surface area contributed by atoms with Crippen LogP contribution in [-0.4, -0.2) is 8.07 Å². The zero-order chi connectivity index (χ0) is 42.5. The lowest BCUT2D eigenvalue weighted by molar-refractivity contribution is 0.670. The Morgan fingerprint density at radius 2 is 0.625 bits per heavy atom. The first-order valence-corrected chi connectivity index (χ1v) is 24.1. The van der Waals surface area contributed by atoms with Crippen molar-refractivity contribution < 1.29 is 4.42 Å². The Hall–Kier alpha value is -8.04. The largest absolute Gasteiger partial charge is 0.455 e. The van der Waals surface area contributed by atoms with Crippen molar-refractivity contribution in [3.8, 4) is 44.5 Å². The summed E-state index contributed by atoms with van der Waals surface area (Å²) in [5, 5.41) is 12.5. The van der Waals surface area contributed by atoms with Crippen molar-refractivity contribution in [2.45, 2.75) is 0 Å². The first-order chi connectivity index (χ1) is 31.8. The van der Waals surface area contributed by atoms with E-state index in [-0.39, 0.29) is 0 Å². The molecule has 0 spiro atoms. The molecule has 1 aromatic heterocycles. The molecular weight excluding hydrogens is 789 g/mol. The molecule has 2 heteroatoms. The highest BCUT2D eigenvalue weighted by Gasteiger charge is 2.41. The topological polar surface area (TPSA) is 13.1 Å². The monoisotopic (exact) mass is 830 g/mol. The molecule has 1 heterocycles. The summed E-state index contributed by atoms with van der Waals surface area (Å²) in [6.45, 7) is 0. The summed E-state index contributed by atoms with van der Waals surface area (Å²) in [5.74, 6) is 0. The molecule has 0 unspecified atom stereocenters. The summed E-state index contributed by atoms with van der Waals surface area (Å²) in [5.41, 5.74) is 11.2. The van der Waals surface area contributed by atoms with E-state index in [0.29, 0.717) is 0 Å². The second-order valence-corrected chi connectivity index (χ2v) is 20.5. The van der Waals surface area contributed by atoms with Crippen LogP contribution in [0.3, 0.4) is 0 Å². The van der Waals surface area contributed by atoms with Gasteiger partial charge in [0, 0.05) is 21.9 Å².